The van der Waals surface area contributed by atoms with Gasteiger partial charge in [-0.15, -0.1) is 11.8 Å². The highest BCUT2D eigenvalue weighted by Gasteiger charge is 2.36. The number of hydrogen-bond acceptors (Lipinski definition) is 5. The Morgan fingerprint density at radius 2 is 1.94 bits per heavy atom. The molecule has 0 radical (unpaired) electrons. The van der Waals surface area contributed by atoms with Crippen molar-refractivity contribution < 1.29 is 4.79 Å². The number of carbonyl (C=O) groups is 1. The van der Waals surface area contributed by atoms with Crippen LogP contribution in [-0.2, 0) is 4.79 Å². The Bertz CT molecular complexity index is 978. The second kappa shape index (κ2) is 10.6. The minimum Gasteiger partial charge on any atom is -0.356 e. The third-order valence-electron chi connectivity index (χ3n) is 6.29. The van der Waals surface area contributed by atoms with Crippen molar-refractivity contribution in [1.29, 1.82) is 0 Å². The summed E-state index contributed by atoms with van der Waals surface area (Å²) in [7, 11) is 0. The Kier molecular flexibility index (Phi) is 7.55. The number of anilines is 2. The number of fused-ring (bicyclic) bond motifs is 1. The van der Waals surface area contributed by atoms with Crippen LogP contribution in [0.25, 0.3) is 4.91 Å². The molecule has 1 amide bonds. The maximum Gasteiger partial charge on any atom is 0.214 e. The van der Waals surface area contributed by atoms with Crippen LogP contribution in [0.15, 0.2) is 60.3 Å². The lowest BCUT2D eigenvalue weighted by Gasteiger charge is -2.21. The minimum atomic E-state index is 0.484. The van der Waals surface area contributed by atoms with E-state index in [2.05, 4.69) is 27.5 Å². The van der Waals surface area contributed by atoms with E-state index in [9.17, 15) is 4.79 Å². The summed E-state index contributed by atoms with van der Waals surface area (Å²) in [5, 5.41) is 4.19. The third kappa shape index (κ3) is 5.20. The van der Waals surface area contributed by atoms with Gasteiger partial charge in [-0.1, -0.05) is 29.8 Å². The summed E-state index contributed by atoms with van der Waals surface area (Å²) in [6.45, 7) is 6.79. The monoisotopic (exact) mass is 468 g/mol. The number of allylic oxidation sites excluding steroid dienone is 1. The third-order valence-corrected chi connectivity index (χ3v) is 7.34. The summed E-state index contributed by atoms with van der Waals surface area (Å²) in [5.41, 5.74) is 2.96. The van der Waals surface area contributed by atoms with Crippen LogP contribution >= 0.6 is 23.4 Å². The lowest BCUT2D eigenvalue weighted by Crippen LogP contribution is -2.27. The van der Waals surface area contributed by atoms with Gasteiger partial charge in [0.15, 0.2) is 0 Å². The van der Waals surface area contributed by atoms with Crippen molar-refractivity contribution in [2.45, 2.75) is 6.92 Å². The van der Waals surface area contributed by atoms with Crippen molar-refractivity contribution in [2.75, 3.05) is 48.8 Å². The van der Waals surface area contributed by atoms with Gasteiger partial charge in [-0.3, -0.25) is 4.79 Å². The molecule has 1 N–H and O–H groups in total. The smallest absolute Gasteiger partial charge is 0.214 e. The number of nitrogens with one attached hydrogen (secondary N) is 1. The molecular formula is C25H29ClN4OS. The zero-order valence-electron chi connectivity index (χ0n) is 18.5. The van der Waals surface area contributed by atoms with Crippen LogP contribution in [0.5, 0.6) is 0 Å². The SMILES string of the molecule is C/C=C(/C=C(\SC)c1ccc(Cl)cc1)CN(C=O)c1ccc(N2CC3CNCC3C2)nc1. The Hall–Kier alpha value is -2.28. The summed E-state index contributed by atoms with van der Waals surface area (Å²) >= 11 is 7.70. The first kappa shape index (κ1) is 22.9. The lowest BCUT2D eigenvalue weighted by molar-refractivity contribution is -0.107. The van der Waals surface area contributed by atoms with E-state index >= 15 is 0 Å². The van der Waals surface area contributed by atoms with Gasteiger partial charge >= 0.3 is 0 Å². The van der Waals surface area contributed by atoms with Gasteiger partial charge in [0.25, 0.3) is 0 Å². The number of amides is 1. The highest BCUT2D eigenvalue weighted by Crippen LogP contribution is 2.31. The van der Waals surface area contributed by atoms with E-state index in [0.717, 1.165) is 77.0 Å². The van der Waals surface area contributed by atoms with Crippen molar-refractivity contribution in [3.8, 4) is 0 Å². The molecule has 1 aromatic carbocycles. The molecule has 7 heteroatoms. The average Bonchev–Trinajstić information content (AvgIpc) is 3.43. The fourth-order valence-corrected chi connectivity index (χ4v) is 5.19. The van der Waals surface area contributed by atoms with Crippen molar-refractivity contribution in [1.82, 2.24) is 10.3 Å². The fraction of sp³-hybridized carbons (Fsp3) is 0.360. The molecule has 0 aliphatic carbocycles. The molecule has 2 atom stereocenters. The highest BCUT2D eigenvalue weighted by atomic mass is 35.5. The van der Waals surface area contributed by atoms with E-state index in [1.807, 2.05) is 55.6 Å². The van der Waals surface area contributed by atoms with Gasteiger partial charge in [0.1, 0.15) is 5.82 Å². The molecule has 1 aromatic heterocycles. The first-order valence-electron chi connectivity index (χ1n) is 10.9. The molecule has 4 rings (SSSR count). The Labute approximate surface area is 199 Å². The molecule has 0 bridgehead atoms. The number of nitrogens with zero attached hydrogens (tertiary/aromatic N) is 3. The number of benzene rings is 1. The largest absolute Gasteiger partial charge is 0.356 e. The summed E-state index contributed by atoms with van der Waals surface area (Å²) in [6.07, 6.45) is 8.91. The van der Waals surface area contributed by atoms with Gasteiger partial charge < -0.3 is 15.1 Å². The molecule has 2 unspecified atom stereocenters. The van der Waals surface area contributed by atoms with E-state index in [0.29, 0.717) is 6.54 Å². The molecule has 168 valence electrons. The van der Waals surface area contributed by atoms with Crippen molar-refractivity contribution in [3.05, 3.63) is 70.9 Å². The second-order valence-electron chi connectivity index (χ2n) is 8.27. The predicted molar refractivity (Wildman–Crippen MR) is 136 cm³/mol. The van der Waals surface area contributed by atoms with Gasteiger partial charge in [0, 0.05) is 36.1 Å². The number of thioether (sulfide) groups is 1. The number of aromatic nitrogens is 1. The number of hydrogen-bond donors (Lipinski definition) is 1. The summed E-state index contributed by atoms with van der Waals surface area (Å²) in [6, 6.07) is 11.8. The first-order chi connectivity index (χ1) is 15.6. The van der Waals surface area contributed by atoms with Crippen LogP contribution in [0, 0.1) is 11.8 Å². The number of rotatable bonds is 8. The van der Waals surface area contributed by atoms with Gasteiger partial charge in [-0.2, -0.15) is 0 Å². The number of halogens is 1. The summed E-state index contributed by atoms with van der Waals surface area (Å²) in [4.78, 5) is 21.8. The molecule has 2 aliphatic heterocycles. The minimum absolute atomic E-state index is 0.484. The Morgan fingerprint density at radius 1 is 1.22 bits per heavy atom. The molecule has 2 fully saturated rings. The zero-order valence-corrected chi connectivity index (χ0v) is 20.1. The van der Waals surface area contributed by atoms with E-state index in [-0.39, 0.29) is 0 Å². The average molecular weight is 469 g/mol. The van der Waals surface area contributed by atoms with Crippen LogP contribution in [0.4, 0.5) is 11.5 Å². The van der Waals surface area contributed by atoms with Gasteiger partial charge in [0.2, 0.25) is 6.41 Å². The van der Waals surface area contributed by atoms with Crippen LogP contribution in [0.3, 0.4) is 0 Å². The second-order valence-corrected chi connectivity index (χ2v) is 9.56. The van der Waals surface area contributed by atoms with Crippen LogP contribution in [-0.4, -0.2) is 50.4 Å². The Morgan fingerprint density at radius 3 is 2.50 bits per heavy atom. The van der Waals surface area contributed by atoms with Crippen molar-refractivity contribution in [3.63, 3.8) is 0 Å². The molecule has 5 nitrogen and oxygen atoms in total. The van der Waals surface area contributed by atoms with Crippen LogP contribution in [0.1, 0.15) is 12.5 Å². The predicted octanol–water partition coefficient (Wildman–Crippen LogP) is 4.70. The molecule has 0 spiro atoms. The molecule has 3 heterocycles. The zero-order chi connectivity index (χ0) is 22.5. The van der Waals surface area contributed by atoms with Gasteiger partial charge in [0.05, 0.1) is 18.4 Å². The fourth-order valence-electron chi connectivity index (χ4n) is 4.43. The molecule has 2 saturated heterocycles. The molecule has 2 aromatic rings. The molecule has 0 saturated carbocycles. The normalized spacial score (nSPS) is 21.0. The quantitative estimate of drug-likeness (QED) is 0.449. The summed E-state index contributed by atoms with van der Waals surface area (Å²) in [5.74, 6) is 2.43. The number of carbonyl (C=O) groups excluding carboxylic acids is 1. The van der Waals surface area contributed by atoms with Crippen LogP contribution in [0.2, 0.25) is 5.02 Å². The number of pyridine rings is 1. The van der Waals surface area contributed by atoms with E-state index in [4.69, 9.17) is 11.6 Å². The topological polar surface area (TPSA) is 48.5 Å². The lowest BCUT2D eigenvalue weighted by atomic mass is 10.0. The van der Waals surface area contributed by atoms with E-state index in [1.54, 1.807) is 16.7 Å². The summed E-state index contributed by atoms with van der Waals surface area (Å²) < 4.78 is 0. The molecule has 32 heavy (non-hydrogen) atoms. The first-order valence-corrected chi connectivity index (χ1v) is 12.5. The van der Waals surface area contributed by atoms with Gasteiger partial charge in [-0.25, -0.2) is 4.98 Å². The van der Waals surface area contributed by atoms with E-state index < -0.39 is 0 Å². The molecule has 2 aliphatic rings. The molecular weight excluding hydrogens is 440 g/mol. The van der Waals surface area contributed by atoms with Crippen LogP contribution < -0.4 is 15.1 Å². The van der Waals surface area contributed by atoms with E-state index in [1.165, 1.54) is 0 Å². The van der Waals surface area contributed by atoms with Gasteiger partial charge in [-0.05, 0) is 66.5 Å². The van der Waals surface area contributed by atoms with Crippen molar-refractivity contribution in [2.24, 2.45) is 11.8 Å². The Balaban J connectivity index is 1.45. The standard InChI is InChI=1S/C25H29ClN4OS/c1-3-18(10-24(32-2)19-4-6-22(26)7-5-19)14-30(17-31)23-8-9-25(28-13-23)29-15-20-11-27-12-21(20)16-29/h3-10,13,17,20-21,27H,11-12,14-16H2,1-2H3/b18-3-,24-10-. The van der Waals surface area contributed by atoms with Crippen molar-refractivity contribution >= 4 is 46.2 Å². The maximum atomic E-state index is 11.9. The highest BCUT2D eigenvalue weighted by molar-refractivity contribution is 8.07. The maximum absolute atomic E-state index is 11.9.